The van der Waals surface area contributed by atoms with Crippen molar-refractivity contribution in [2.75, 3.05) is 13.7 Å². The summed E-state index contributed by atoms with van der Waals surface area (Å²) < 4.78 is 4.59. The standard InChI is InChI=1S/C27H45NO5/c1-16(5-8-23(31)28-15-24(32)33-4)19-6-7-20-25-21(10-12-27(19,20)3)26(2)11-9-18(29)13-17(26)14-22(25)30/h16-22,25,29-30H,5-15H2,1-4H3,(H,28,31). The van der Waals surface area contributed by atoms with E-state index in [1.807, 2.05) is 0 Å². The van der Waals surface area contributed by atoms with E-state index in [1.54, 1.807) is 0 Å². The highest BCUT2D eigenvalue weighted by atomic mass is 16.5. The highest BCUT2D eigenvalue weighted by Crippen LogP contribution is 2.68. The number of rotatable bonds is 6. The van der Waals surface area contributed by atoms with Gasteiger partial charge in [0.05, 0.1) is 19.3 Å². The van der Waals surface area contributed by atoms with Crippen LogP contribution in [0, 0.1) is 46.3 Å². The number of aliphatic hydroxyl groups is 2. The number of hydrogen-bond acceptors (Lipinski definition) is 5. The lowest BCUT2D eigenvalue weighted by Crippen LogP contribution is -2.58. The molecule has 10 atom stereocenters. The number of amides is 1. The van der Waals surface area contributed by atoms with Gasteiger partial charge in [0.15, 0.2) is 0 Å². The normalized spacial score (nSPS) is 45.3. The van der Waals surface area contributed by atoms with E-state index < -0.39 is 5.97 Å². The third-order valence-electron chi connectivity index (χ3n) is 10.9. The van der Waals surface area contributed by atoms with Crippen molar-refractivity contribution in [3.8, 4) is 0 Å². The number of carbonyl (C=O) groups excluding carboxylic acids is 2. The second-order valence-electron chi connectivity index (χ2n) is 12.3. The second-order valence-corrected chi connectivity index (χ2v) is 12.3. The van der Waals surface area contributed by atoms with E-state index in [0.29, 0.717) is 41.9 Å². The molecule has 0 aromatic carbocycles. The fourth-order valence-electron chi connectivity index (χ4n) is 9.07. The van der Waals surface area contributed by atoms with Crippen molar-refractivity contribution in [2.24, 2.45) is 46.3 Å². The molecule has 6 heteroatoms. The van der Waals surface area contributed by atoms with Gasteiger partial charge in [-0.3, -0.25) is 9.59 Å². The zero-order valence-electron chi connectivity index (χ0n) is 21.0. The van der Waals surface area contributed by atoms with Crippen LogP contribution < -0.4 is 5.32 Å². The Bertz CT molecular complexity index is 742. The molecule has 188 valence electrons. The van der Waals surface area contributed by atoms with Crippen molar-refractivity contribution in [2.45, 2.75) is 97.2 Å². The Labute approximate surface area is 199 Å². The summed E-state index contributed by atoms with van der Waals surface area (Å²) in [6.07, 6.45) is 9.29. The van der Waals surface area contributed by atoms with Crippen LogP contribution in [0.25, 0.3) is 0 Å². The number of ether oxygens (including phenoxy) is 1. The largest absolute Gasteiger partial charge is 0.468 e. The summed E-state index contributed by atoms with van der Waals surface area (Å²) in [5.74, 6) is 2.44. The average molecular weight is 464 g/mol. The van der Waals surface area contributed by atoms with Gasteiger partial charge in [-0.05, 0) is 104 Å². The number of hydrogen-bond donors (Lipinski definition) is 3. The minimum atomic E-state index is -0.422. The van der Waals surface area contributed by atoms with Crippen LogP contribution in [0.15, 0.2) is 0 Å². The zero-order valence-corrected chi connectivity index (χ0v) is 21.0. The lowest BCUT2D eigenvalue weighted by Gasteiger charge is -2.62. The maximum absolute atomic E-state index is 12.2. The second kappa shape index (κ2) is 9.49. The first-order valence-electron chi connectivity index (χ1n) is 13.3. The summed E-state index contributed by atoms with van der Waals surface area (Å²) >= 11 is 0. The van der Waals surface area contributed by atoms with Gasteiger partial charge in [-0.25, -0.2) is 0 Å². The maximum Gasteiger partial charge on any atom is 0.325 e. The van der Waals surface area contributed by atoms with Gasteiger partial charge in [-0.1, -0.05) is 20.8 Å². The molecule has 0 aromatic rings. The lowest BCUT2D eigenvalue weighted by atomic mass is 9.43. The van der Waals surface area contributed by atoms with Crippen LogP contribution in [0.2, 0.25) is 0 Å². The third-order valence-corrected chi connectivity index (χ3v) is 10.9. The van der Waals surface area contributed by atoms with Crippen molar-refractivity contribution in [3.63, 3.8) is 0 Å². The number of methoxy groups -OCH3 is 1. The molecule has 4 fully saturated rings. The fraction of sp³-hybridized carbons (Fsp3) is 0.926. The van der Waals surface area contributed by atoms with Crippen LogP contribution in [0.1, 0.15) is 85.0 Å². The van der Waals surface area contributed by atoms with Crippen molar-refractivity contribution in [1.29, 1.82) is 0 Å². The van der Waals surface area contributed by atoms with E-state index >= 15 is 0 Å². The predicted octanol–water partition coefficient (Wildman–Crippen LogP) is 3.68. The van der Waals surface area contributed by atoms with Gasteiger partial charge in [0.1, 0.15) is 6.54 Å². The van der Waals surface area contributed by atoms with Gasteiger partial charge in [-0.15, -0.1) is 0 Å². The van der Waals surface area contributed by atoms with Gasteiger partial charge >= 0.3 is 5.97 Å². The molecule has 4 aliphatic carbocycles. The van der Waals surface area contributed by atoms with E-state index in [9.17, 15) is 19.8 Å². The SMILES string of the molecule is COC(=O)CNC(=O)CCC(C)C1CCC2C3C(O)CC4CC(O)CCC4(C)C3CCC12C. The molecule has 0 bridgehead atoms. The molecule has 0 radical (unpaired) electrons. The Morgan fingerprint density at radius 3 is 2.45 bits per heavy atom. The van der Waals surface area contributed by atoms with Crippen molar-refractivity contribution in [3.05, 3.63) is 0 Å². The first-order chi connectivity index (χ1) is 15.6. The van der Waals surface area contributed by atoms with Crippen LogP contribution in [-0.4, -0.2) is 48.0 Å². The zero-order chi connectivity index (χ0) is 24.0. The van der Waals surface area contributed by atoms with Gasteiger partial charge in [0.25, 0.3) is 0 Å². The molecule has 33 heavy (non-hydrogen) atoms. The van der Waals surface area contributed by atoms with Gasteiger partial charge < -0.3 is 20.3 Å². The number of carbonyl (C=O) groups is 2. The van der Waals surface area contributed by atoms with Crippen LogP contribution in [0.4, 0.5) is 0 Å². The van der Waals surface area contributed by atoms with Gasteiger partial charge in [0.2, 0.25) is 5.91 Å². The maximum atomic E-state index is 12.2. The molecule has 0 spiro atoms. The van der Waals surface area contributed by atoms with Crippen LogP contribution in [0.5, 0.6) is 0 Å². The first-order valence-corrected chi connectivity index (χ1v) is 13.3. The first kappa shape index (κ1) is 25.0. The monoisotopic (exact) mass is 463 g/mol. The molecular formula is C27H45NO5. The van der Waals surface area contributed by atoms with Crippen molar-refractivity contribution in [1.82, 2.24) is 5.32 Å². The summed E-state index contributed by atoms with van der Waals surface area (Å²) in [4.78, 5) is 23.5. The molecule has 4 rings (SSSR count). The molecule has 1 amide bonds. The molecule has 0 aliphatic heterocycles. The van der Waals surface area contributed by atoms with E-state index in [1.165, 1.54) is 32.8 Å². The average Bonchev–Trinajstić information content (AvgIpc) is 3.14. The highest BCUT2D eigenvalue weighted by molar-refractivity contribution is 5.81. The summed E-state index contributed by atoms with van der Waals surface area (Å²) in [6.45, 7) is 7.14. The fourth-order valence-corrected chi connectivity index (χ4v) is 9.07. The lowest BCUT2D eigenvalue weighted by molar-refractivity contribution is -0.174. The molecule has 0 heterocycles. The van der Waals surface area contributed by atoms with Crippen LogP contribution >= 0.6 is 0 Å². The van der Waals surface area contributed by atoms with E-state index in [-0.39, 0.29) is 35.5 Å². The van der Waals surface area contributed by atoms with Crippen LogP contribution in [0.3, 0.4) is 0 Å². The predicted molar refractivity (Wildman–Crippen MR) is 126 cm³/mol. The van der Waals surface area contributed by atoms with E-state index in [0.717, 1.165) is 32.1 Å². The number of nitrogens with one attached hydrogen (secondary N) is 1. The number of fused-ring (bicyclic) bond motifs is 5. The molecule has 6 nitrogen and oxygen atoms in total. The number of esters is 1. The topological polar surface area (TPSA) is 95.9 Å². The third kappa shape index (κ3) is 4.47. The Hall–Kier alpha value is -1.14. The highest BCUT2D eigenvalue weighted by Gasteiger charge is 2.62. The summed E-state index contributed by atoms with van der Waals surface area (Å²) in [6, 6.07) is 0. The van der Waals surface area contributed by atoms with E-state index in [2.05, 4.69) is 30.8 Å². The summed E-state index contributed by atoms with van der Waals surface area (Å²) in [7, 11) is 1.32. The van der Waals surface area contributed by atoms with E-state index in [4.69, 9.17) is 0 Å². The van der Waals surface area contributed by atoms with Gasteiger partial charge in [-0.2, -0.15) is 0 Å². The van der Waals surface area contributed by atoms with Gasteiger partial charge in [0, 0.05) is 6.42 Å². The molecule has 3 N–H and O–H groups in total. The van der Waals surface area contributed by atoms with Crippen molar-refractivity contribution < 1.29 is 24.5 Å². The minimum absolute atomic E-state index is 0.0648. The molecule has 4 aliphatic rings. The Kier molecular flexibility index (Phi) is 7.18. The molecule has 0 saturated heterocycles. The number of aliphatic hydroxyl groups excluding tert-OH is 2. The molecule has 10 unspecified atom stereocenters. The van der Waals surface area contributed by atoms with Crippen LogP contribution in [-0.2, 0) is 14.3 Å². The summed E-state index contributed by atoms with van der Waals surface area (Å²) in [5.41, 5.74) is 0.479. The Balaban J connectivity index is 1.41. The molecular weight excluding hydrogens is 418 g/mol. The minimum Gasteiger partial charge on any atom is -0.468 e. The van der Waals surface area contributed by atoms with Crippen molar-refractivity contribution >= 4 is 11.9 Å². The molecule has 0 aromatic heterocycles. The summed E-state index contributed by atoms with van der Waals surface area (Å²) in [5, 5.41) is 24.3. The Morgan fingerprint density at radius 1 is 1.03 bits per heavy atom. The quantitative estimate of drug-likeness (QED) is 0.522. The Morgan fingerprint density at radius 2 is 1.73 bits per heavy atom. The smallest absolute Gasteiger partial charge is 0.325 e. The molecule has 4 saturated carbocycles.